The fraction of sp³-hybridized carbons (Fsp3) is 0.600. The highest BCUT2D eigenvalue weighted by Gasteiger charge is 2.12. The van der Waals surface area contributed by atoms with E-state index in [9.17, 15) is 0 Å². The summed E-state index contributed by atoms with van der Waals surface area (Å²) in [7, 11) is 0. The lowest BCUT2D eigenvalue weighted by Crippen LogP contribution is -2.11. The molecule has 2 aromatic rings. The summed E-state index contributed by atoms with van der Waals surface area (Å²) in [5.74, 6) is 0.686. The molecule has 4 nitrogen and oxygen atoms in total. The molecule has 1 aromatic carbocycles. The zero-order chi connectivity index (χ0) is 13.7. The van der Waals surface area contributed by atoms with E-state index in [1.54, 1.807) is 0 Å². The van der Waals surface area contributed by atoms with Gasteiger partial charge >= 0.3 is 0 Å². The smallest absolute Gasteiger partial charge is 0.117 e. The number of fused-ring (bicyclic) bond motifs is 1. The predicted molar refractivity (Wildman–Crippen MR) is 78.7 cm³/mol. The average Bonchev–Trinajstić information content (AvgIpc) is 2.86. The molecule has 0 saturated heterocycles. The SMILES string of the molecule is CCCCC(CC)Cn1nnc2c(CN)cccc21. The number of unbranched alkanes of at least 4 members (excludes halogenated alkanes) is 1. The van der Waals surface area contributed by atoms with Crippen molar-refractivity contribution in [2.75, 3.05) is 0 Å². The second kappa shape index (κ2) is 6.66. The van der Waals surface area contributed by atoms with E-state index in [1.165, 1.54) is 25.7 Å². The van der Waals surface area contributed by atoms with Crippen LogP contribution in [0.15, 0.2) is 18.2 Å². The number of rotatable bonds is 7. The molecule has 0 fully saturated rings. The molecular formula is C15H24N4. The van der Waals surface area contributed by atoms with Crippen molar-refractivity contribution in [3.8, 4) is 0 Å². The summed E-state index contributed by atoms with van der Waals surface area (Å²) in [6, 6.07) is 6.15. The molecule has 19 heavy (non-hydrogen) atoms. The Morgan fingerprint density at radius 1 is 1.32 bits per heavy atom. The van der Waals surface area contributed by atoms with E-state index in [1.807, 2.05) is 16.8 Å². The van der Waals surface area contributed by atoms with Crippen molar-refractivity contribution in [2.45, 2.75) is 52.6 Å². The minimum absolute atomic E-state index is 0.517. The van der Waals surface area contributed by atoms with Crippen LogP contribution < -0.4 is 5.73 Å². The first kappa shape index (κ1) is 14.0. The highest BCUT2D eigenvalue weighted by atomic mass is 15.4. The Bertz CT molecular complexity index is 518. The van der Waals surface area contributed by atoms with E-state index >= 15 is 0 Å². The zero-order valence-electron chi connectivity index (χ0n) is 12.0. The van der Waals surface area contributed by atoms with Crippen molar-refractivity contribution in [3.05, 3.63) is 23.8 Å². The molecule has 0 aliphatic carbocycles. The minimum Gasteiger partial charge on any atom is -0.326 e. The van der Waals surface area contributed by atoms with Crippen LogP contribution in [0.4, 0.5) is 0 Å². The third-order valence-electron chi connectivity index (χ3n) is 3.82. The summed E-state index contributed by atoms with van der Waals surface area (Å²) in [6.45, 7) is 5.97. The standard InChI is InChI=1S/C15H24N4/c1-3-5-7-12(4-2)11-19-14-9-6-8-13(10-16)15(14)17-18-19/h6,8-9,12H,3-5,7,10-11,16H2,1-2H3. The van der Waals surface area contributed by atoms with E-state index in [2.05, 4.69) is 30.2 Å². The van der Waals surface area contributed by atoms with Crippen molar-refractivity contribution >= 4 is 11.0 Å². The molecule has 104 valence electrons. The normalized spacial score (nSPS) is 13.0. The van der Waals surface area contributed by atoms with Crippen molar-refractivity contribution in [2.24, 2.45) is 11.7 Å². The van der Waals surface area contributed by atoms with Gasteiger partial charge in [0.25, 0.3) is 0 Å². The molecule has 0 radical (unpaired) electrons. The van der Waals surface area contributed by atoms with Crippen LogP contribution >= 0.6 is 0 Å². The molecule has 1 aromatic heterocycles. The maximum atomic E-state index is 5.74. The quantitative estimate of drug-likeness (QED) is 0.832. The Kier molecular flexibility index (Phi) is 4.91. The summed E-state index contributed by atoms with van der Waals surface area (Å²) in [6.07, 6.45) is 5.01. The molecule has 2 N–H and O–H groups in total. The van der Waals surface area contributed by atoms with E-state index in [0.717, 1.165) is 23.1 Å². The largest absolute Gasteiger partial charge is 0.326 e. The van der Waals surface area contributed by atoms with Gasteiger partial charge in [0.1, 0.15) is 5.52 Å². The van der Waals surface area contributed by atoms with E-state index < -0.39 is 0 Å². The van der Waals surface area contributed by atoms with Crippen molar-refractivity contribution in [1.29, 1.82) is 0 Å². The zero-order valence-corrected chi connectivity index (χ0v) is 12.0. The lowest BCUT2D eigenvalue weighted by Gasteiger charge is -2.14. The van der Waals surface area contributed by atoms with Crippen molar-refractivity contribution in [1.82, 2.24) is 15.0 Å². The van der Waals surface area contributed by atoms with Crippen LogP contribution in [0.2, 0.25) is 0 Å². The van der Waals surface area contributed by atoms with Gasteiger partial charge in [0.2, 0.25) is 0 Å². The third kappa shape index (κ3) is 3.13. The monoisotopic (exact) mass is 260 g/mol. The molecule has 0 saturated carbocycles. The van der Waals surface area contributed by atoms with Crippen molar-refractivity contribution < 1.29 is 0 Å². The molecule has 0 amide bonds. The molecule has 0 bridgehead atoms. The summed E-state index contributed by atoms with van der Waals surface area (Å²) >= 11 is 0. The van der Waals surface area contributed by atoms with E-state index in [4.69, 9.17) is 5.73 Å². The van der Waals surface area contributed by atoms with Gasteiger partial charge in [-0.2, -0.15) is 0 Å². The molecular weight excluding hydrogens is 236 g/mol. The molecule has 2 rings (SSSR count). The number of nitrogens with two attached hydrogens (primary N) is 1. The number of hydrogen-bond acceptors (Lipinski definition) is 3. The summed E-state index contributed by atoms with van der Waals surface area (Å²) in [5.41, 5.74) is 8.88. The van der Waals surface area contributed by atoms with Gasteiger partial charge in [-0.25, -0.2) is 4.68 Å². The number of nitrogens with zero attached hydrogens (tertiary/aromatic N) is 3. The van der Waals surface area contributed by atoms with Crippen LogP contribution in [0.3, 0.4) is 0 Å². The topological polar surface area (TPSA) is 56.7 Å². The highest BCUT2D eigenvalue weighted by molar-refractivity contribution is 5.77. The van der Waals surface area contributed by atoms with Crippen LogP contribution in [-0.2, 0) is 13.1 Å². The molecule has 0 aliphatic rings. The van der Waals surface area contributed by atoms with Gasteiger partial charge in [0, 0.05) is 13.1 Å². The second-order valence-corrected chi connectivity index (χ2v) is 5.18. The fourth-order valence-electron chi connectivity index (χ4n) is 2.51. The van der Waals surface area contributed by atoms with Gasteiger partial charge in [-0.1, -0.05) is 50.5 Å². The van der Waals surface area contributed by atoms with Gasteiger partial charge in [0.15, 0.2) is 0 Å². The van der Waals surface area contributed by atoms with Crippen LogP contribution in [0, 0.1) is 5.92 Å². The third-order valence-corrected chi connectivity index (χ3v) is 3.82. The molecule has 1 unspecified atom stereocenters. The minimum atomic E-state index is 0.517. The Hall–Kier alpha value is -1.42. The summed E-state index contributed by atoms with van der Waals surface area (Å²) < 4.78 is 2.04. The van der Waals surface area contributed by atoms with Crippen LogP contribution in [-0.4, -0.2) is 15.0 Å². The Morgan fingerprint density at radius 2 is 2.16 bits per heavy atom. The number of hydrogen-bond donors (Lipinski definition) is 1. The van der Waals surface area contributed by atoms with Gasteiger partial charge < -0.3 is 5.73 Å². The Balaban J connectivity index is 2.20. The van der Waals surface area contributed by atoms with Crippen LogP contribution in [0.25, 0.3) is 11.0 Å². The van der Waals surface area contributed by atoms with E-state index in [0.29, 0.717) is 12.5 Å². The van der Waals surface area contributed by atoms with Crippen LogP contribution in [0.5, 0.6) is 0 Å². The predicted octanol–water partition coefficient (Wildman–Crippen LogP) is 3.11. The lowest BCUT2D eigenvalue weighted by atomic mass is 9.99. The molecule has 0 aliphatic heterocycles. The number of aromatic nitrogens is 3. The second-order valence-electron chi connectivity index (χ2n) is 5.18. The Morgan fingerprint density at radius 3 is 2.84 bits per heavy atom. The van der Waals surface area contributed by atoms with Gasteiger partial charge in [-0.15, -0.1) is 5.10 Å². The first-order chi connectivity index (χ1) is 9.30. The Labute approximate surface area is 115 Å². The van der Waals surface area contributed by atoms with Gasteiger partial charge in [0.05, 0.1) is 5.52 Å². The number of benzene rings is 1. The maximum absolute atomic E-state index is 5.74. The van der Waals surface area contributed by atoms with Gasteiger partial charge in [-0.3, -0.25) is 0 Å². The van der Waals surface area contributed by atoms with Crippen molar-refractivity contribution in [3.63, 3.8) is 0 Å². The highest BCUT2D eigenvalue weighted by Crippen LogP contribution is 2.20. The summed E-state index contributed by atoms with van der Waals surface area (Å²) in [5, 5.41) is 8.60. The summed E-state index contributed by atoms with van der Waals surface area (Å²) in [4.78, 5) is 0. The maximum Gasteiger partial charge on any atom is 0.117 e. The molecule has 1 heterocycles. The van der Waals surface area contributed by atoms with Crippen LogP contribution in [0.1, 0.15) is 45.1 Å². The lowest BCUT2D eigenvalue weighted by molar-refractivity contribution is 0.373. The fourth-order valence-corrected chi connectivity index (χ4v) is 2.51. The van der Waals surface area contributed by atoms with Gasteiger partial charge in [-0.05, 0) is 24.0 Å². The van der Waals surface area contributed by atoms with E-state index in [-0.39, 0.29) is 0 Å². The first-order valence-electron chi connectivity index (χ1n) is 7.31. The first-order valence-corrected chi connectivity index (χ1v) is 7.31. The average molecular weight is 260 g/mol. The molecule has 1 atom stereocenters. The molecule has 0 spiro atoms. The molecule has 4 heteroatoms.